The van der Waals surface area contributed by atoms with Gasteiger partial charge in [-0.2, -0.15) is 0 Å². The Morgan fingerprint density at radius 1 is 1.09 bits per heavy atom. The van der Waals surface area contributed by atoms with Crippen molar-refractivity contribution in [2.24, 2.45) is 0 Å². The van der Waals surface area contributed by atoms with Gasteiger partial charge in [-0.1, -0.05) is 18.2 Å². The van der Waals surface area contributed by atoms with E-state index in [9.17, 15) is 0 Å². The molecule has 0 bridgehead atoms. The lowest BCUT2D eigenvalue weighted by atomic mass is 10.1. The largest absolute Gasteiger partial charge is 0.493 e. The first-order valence-electron chi connectivity index (χ1n) is 6.73. The average Bonchev–Trinajstić information content (AvgIpc) is 2.50. The van der Waals surface area contributed by atoms with Gasteiger partial charge in [-0.05, 0) is 24.6 Å². The molecule has 0 atom stereocenters. The van der Waals surface area contributed by atoms with E-state index in [0.29, 0.717) is 6.61 Å². The summed E-state index contributed by atoms with van der Waals surface area (Å²) in [6, 6.07) is 9.92. The van der Waals surface area contributed by atoms with Gasteiger partial charge in [0.2, 0.25) is 0 Å². The zero-order chi connectivity index (χ0) is 14.2. The Bertz CT molecular complexity index is 539. The Hall–Kier alpha value is -1.49. The maximum Gasteiger partial charge on any atom is 0.165 e. The molecule has 4 nitrogen and oxygen atoms in total. The molecule has 122 valence electrons. The highest BCUT2D eigenvalue weighted by Crippen LogP contribution is 2.30. The fraction of sp³-hybridized carbons (Fsp3) is 0.312. The molecular weight excluding hydrogens is 323 g/mol. The van der Waals surface area contributed by atoms with Gasteiger partial charge < -0.3 is 14.8 Å². The minimum atomic E-state index is 0. The van der Waals surface area contributed by atoms with Crippen LogP contribution in [0.3, 0.4) is 0 Å². The number of halogens is 2. The van der Waals surface area contributed by atoms with Crippen molar-refractivity contribution in [1.29, 1.82) is 0 Å². The molecule has 0 aliphatic rings. The van der Waals surface area contributed by atoms with E-state index in [4.69, 9.17) is 9.47 Å². The number of aromatic nitrogens is 1. The Labute approximate surface area is 144 Å². The minimum Gasteiger partial charge on any atom is -0.493 e. The molecule has 0 unspecified atom stereocenters. The third-order valence-corrected chi connectivity index (χ3v) is 2.94. The van der Waals surface area contributed by atoms with Gasteiger partial charge in [-0.3, -0.25) is 4.98 Å². The Morgan fingerprint density at radius 2 is 1.91 bits per heavy atom. The lowest BCUT2D eigenvalue weighted by molar-refractivity contribution is 0.306. The highest BCUT2D eigenvalue weighted by molar-refractivity contribution is 5.85. The summed E-state index contributed by atoms with van der Waals surface area (Å²) in [4.78, 5) is 4.10. The van der Waals surface area contributed by atoms with Crippen molar-refractivity contribution in [3.63, 3.8) is 0 Å². The number of methoxy groups -OCH3 is 1. The van der Waals surface area contributed by atoms with Crippen molar-refractivity contribution >= 4 is 24.8 Å². The number of hydrogen-bond acceptors (Lipinski definition) is 4. The van der Waals surface area contributed by atoms with Gasteiger partial charge in [-0.25, -0.2) is 0 Å². The summed E-state index contributed by atoms with van der Waals surface area (Å²) in [5.41, 5.74) is 2.25. The zero-order valence-corrected chi connectivity index (χ0v) is 14.4. The molecule has 1 aromatic carbocycles. The van der Waals surface area contributed by atoms with Gasteiger partial charge in [0.05, 0.1) is 13.7 Å². The summed E-state index contributed by atoms with van der Waals surface area (Å²) >= 11 is 0. The van der Waals surface area contributed by atoms with Crippen molar-refractivity contribution in [1.82, 2.24) is 10.3 Å². The number of pyridine rings is 1. The van der Waals surface area contributed by atoms with E-state index in [-0.39, 0.29) is 24.8 Å². The molecule has 0 saturated carbocycles. The van der Waals surface area contributed by atoms with E-state index in [0.717, 1.165) is 35.7 Å². The maximum absolute atomic E-state index is 5.68. The van der Waals surface area contributed by atoms with Gasteiger partial charge in [-0.15, -0.1) is 24.8 Å². The molecule has 1 N–H and O–H groups in total. The normalized spacial score (nSPS) is 9.36. The molecule has 2 rings (SSSR count). The number of benzene rings is 1. The first-order chi connectivity index (χ1) is 9.85. The van der Waals surface area contributed by atoms with E-state index in [1.807, 2.05) is 37.4 Å². The summed E-state index contributed by atoms with van der Waals surface area (Å²) in [6.07, 6.45) is 3.64. The lowest BCUT2D eigenvalue weighted by Crippen LogP contribution is -2.14. The summed E-state index contributed by atoms with van der Waals surface area (Å²) in [5.74, 6) is 1.59. The summed E-state index contributed by atoms with van der Waals surface area (Å²) < 4.78 is 11.0. The van der Waals surface area contributed by atoms with Crippen LogP contribution in [0.5, 0.6) is 11.5 Å². The van der Waals surface area contributed by atoms with Crippen LogP contribution in [0, 0.1) is 0 Å². The molecular formula is C16H22Cl2N2O2. The lowest BCUT2D eigenvalue weighted by Gasteiger charge is -2.14. The fourth-order valence-corrected chi connectivity index (χ4v) is 2.01. The number of hydrogen-bond donors (Lipinski definition) is 1. The van der Waals surface area contributed by atoms with Gasteiger partial charge in [0.1, 0.15) is 0 Å². The summed E-state index contributed by atoms with van der Waals surface area (Å²) in [7, 11) is 1.66. The number of ether oxygens (including phenoxy) is 2. The third kappa shape index (κ3) is 5.72. The second kappa shape index (κ2) is 11.1. The number of para-hydroxylation sites is 1. The molecule has 0 aliphatic heterocycles. The second-order valence-electron chi connectivity index (χ2n) is 4.35. The van der Waals surface area contributed by atoms with Crippen LogP contribution in [-0.2, 0) is 13.1 Å². The zero-order valence-electron chi connectivity index (χ0n) is 12.7. The molecule has 1 heterocycles. The van der Waals surface area contributed by atoms with Crippen LogP contribution < -0.4 is 14.8 Å². The SMILES string of the molecule is CCOc1c(CNCc2cccnc2)cccc1OC.Cl.Cl. The van der Waals surface area contributed by atoms with Crippen molar-refractivity contribution < 1.29 is 9.47 Å². The second-order valence-corrected chi connectivity index (χ2v) is 4.35. The van der Waals surface area contributed by atoms with Gasteiger partial charge in [0.25, 0.3) is 0 Å². The predicted octanol–water partition coefficient (Wildman–Crippen LogP) is 3.62. The van der Waals surface area contributed by atoms with Crippen molar-refractivity contribution in [2.45, 2.75) is 20.0 Å². The van der Waals surface area contributed by atoms with Crippen LogP contribution in [0.2, 0.25) is 0 Å². The fourth-order valence-electron chi connectivity index (χ4n) is 2.01. The highest BCUT2D eigenvalue weighted by atomic mass is 35.5. The van der Waals surface area contributed by atoms with E-state index < -0.39 is 0 Å². The van der Waals surface area contributed by atoms with Crippen LogP contribution in [0.4, 0.5) is 0 Å². The monoisotopic (exact) mass is 344 g/mol. The topological polar surface area (TPSA) is 43.4 Å². The highest BCUT2D eigenvalue weighted by Gasteiger charge is 2.09. The Kier molecular flexibility index (Phi) is 10.4. The number of rotatable bonds is 7. The molecule has 22 heavy (non-hydrogen) atoms. The van der Waals surface area contributed by atoms with Crippen molar-refractivity contribution in [2.75, 3.05) is 13.7 Å². The van der Waals surface area contributed by atoms with E-state index in [1.54, 1.807) is 13.3 Å². The first-order valence-corrected chi connectivity index (χ1v) is 6.73. The smallest absolute Gasteiger partial charge is 0.165 e. The molecule has 0 aliphatic carbocycles. The summed E-state index contributed by atoms with van der Waals surface area (Å²) in [6.45, 7) is 4.09. The maximum atomic E-state index is 5.68. The van der Waals surface area contributed by atoms with E-state index in [2.05, 4.69) is 16.4 Å². The number of nitrogens with zero attached hydrogens (tertiary/aromatic N) is 1. The molecule has 0 fully saturated rings. The standard InChI is InChI=1S/C16H20N2O2.2ClH/c1-3-20-16-14(7-4-8-15(16)19-2)12-18-11-13-6-5-9-17-10-13;;/h4-10,18H,3,11-12H2,1-2H3;2*1H. The van der Waals surface area contributed by atoms with E-state index >= 15 is 0 Å². The van der Waals surface area contributed by atoms with Crippen molar-refractivity contribution in [3.05, 3.63) is 53.9 Å². The van der Waals surface area contributed by atoms with Crippen LogP contribution in [-0.4, -0.2) is 18.7 Å². The van der Waals surface area contributed by atoms with Gasteiger partial charge in [0.15, 0.2) is 11.5 Å². The molecule has 0 radical (unpaired) electrons. The molecule has 6 heteroatoms. The Balaban J connectivity index is 0.00000220. The van der Waals surface area contributed by atoms with Crippen LogP contribution in [0.1, 0.15) is 18.1 Å². The summed E-state index contributed by atoms with van der Waals surface area (Å²) in [5, 5.41) is 3.39. The number of nitrogens with one attached hydrogen (secondary N) is 1. The van der Waals surface area contributed by atoms with Gasteiger partial charge in [0, 0.05) is 31.0 Å². The van der Waals surface area contributed by atoms with Gasteiger partial charge >= 0.3 is 0 Å². The molecule has 2 aromatic rings. The molecule has 0 saturated heterocycles. The van der Waals surface area contributed by atoms with Crippen molar-refractivity contribution in [3.8, 4) is 11.5 Å². The van der Waals surface area contributed by atoms with Crippen LogP contribution in [0.25, 0.3) is 0 Å². The average molecular weight is 345 g/mol. The molecule has 0 amide bonds. The van der Waals surface area contributed by atoms with Crippen LogP contribution in [0.15, 0.2) is 42.7 Å². The quantitative estimate of drug-likeness (QED) is 0.832. The molecule has 1 aromatic heterocycles. The minimum absolute atomic E-state index is 0. The predicted molar refractivity (Wildman–Crippen MR) is 93.4 cm³/mol. The van der Waals surface area contributed by atoms with E-state index in [1.165, 1.54) is 0 Å². The Morgan fingerprint density at radius 3 is 2.55 bits per heavy atom. The third-order valence-electron chi connectivity index (χ3n) is 2.94. The van der Waals surface area contributed by atoms with Crippen LogP contribution >= 0.6 is 24.8 Å². The molecule has 0 spiro atoms. The first kappa shape index (κ1) is 20.5.